The van der Waals surface area contributed by atoms with Gasteiger partial charge in [-0.2, -0.15) is 0 Å². The molecule has 1 aliphatic rings. The third kappa shape index (κ3) is 5.67. The van der Waals surface area contributed by atoms with Gasteiger partial charge in [0.25, 0.3) is 0 Å². The Morgan fingerprint density at radius 1 is 1.25 bits per heavy atom. The molecule has 0 saturated carbocycles. The van der Waals surface area contributed by atoms with Crippen LogP contribution in [0, 0.1) is 11.8 Å². The molecule has 2 atom stereocenters. The normalized spacial score (nSPS) is 17.2. The fourth-order valence-electron chi connectivity index (χ4n) is 2.57. The number of nitrogens with one attached hydrogen (secondary N) is 2. The van der Waals surface area contributed by atoms with E-state index in [1.54, 1.807) is 0 Å². The van der Waals surface area contributed by atoms with Crippen molar-refractivity contribution in [2.24, 2.45) is 11.8 Å². The molecule has 1 amide bonds. The van der Waals surface area contributed by atoms with Gasteiger partial charge >= 0.3 is 0 Å². The van der Waals surface area contributed by atoms with Gasteiger partial charge in [0.05, 0.1) is 6.04 Å². The Labute approximate surface area is 152 Å². The summed E-state index contributed by atoms with van der Waals surface area (Å²) in [6.07, 6.45) is 0. The van der Waals surface area contributed by atoms with Crippen LogP contribution in [-0.2, 0) is 10.2 Å². The molecule has 0 aromatic heterocycles. The van der Waals surface area contributed by atoms with Crippen molar-refractivity contribution in [3.05, 3.63) is 29.8 Å². The van der Waals surface area contributed by atoms with Gasteiger partial charge in [-0.25, -0.2) is 0 Å². The number of hydrogen-bond donors (Lipinski definition) is 2. The molecule has 4 nitrogen and oxygen atoms in total. The summed E-state index contributed by atoms with van der Waals surface area (Å²) in [6.45, 7) is 12.9. The number of carbonyl (C=O) groups excluding carboxylic acids is 1. The topological polar surface area (TPSA) is 50.4 Å². The Kier molecular flexibility index (Phi) is 7.56. The van der Waals surface area contributed by atoms with E-state index >= 15 is 0 Å². The maximum absolute atomic E-state index is 12.2. The largest absolute Gasteiger partial charge is 0.491 e. The zero-order chi connectivity index (χ0) is 17.0. The zero-order valence-corrected chi connectivity index (χ0v) is 16.2. The summed E-state index contributed by atoms with van der Waals surface area (Å²) >= 11 is 0. The zero-order valence-electron chi connectivity index (χ0n) is 15.4. The fraction of sp³-hybridized carbons (Fsp3) is 0.632. The first-order valence-electron chi connectivity index (χ1n) is 8.52. The quantitative estimate of drug-likeness (QED) is 0.825. The van der Waals surface area contributed by atoms with Crippen LogP contribution in [0.5, 0.6) is 5.75 Å². The predicted octanol–water partition coefficient (Wildman–Crippen LogP) is 3.14. The number of hydrogen-bond acceptors (Lipinski definition) is 3. The van der Waals surface area contributed by atoms with Crippen molar-refractivity contribution in [3.63, 3.8) is 0 Å². The minimum atomic E-state index is 0. The molecule has 1 aromatic rings. The Hall–Kier alpha value is -1.26. The Bertz CT molecular complexity index is 521. The highest BCUT2D eigenvalue weighted by Crippen LogP contribution is 2.24. The highest BCUT2D eigenvalue weighted by Gasteiger charge is 2.29. The number of amides is 1. The van der Waals surface area contributed by atoms with Gasteiger partial charge in [0.1, 0.15) is 12.4 Å². The summed E-state index contributed by atoms with van der Waals surface area (Å²) in [7, 11) is 0. The standard InChI is InChI=1S/C19H30N2O2.ClH/c1-13(21-18(22)14(2)15-10-20-11-15)12-23-17-8-6-16(7-9-17)19(3,4)5;/h6-9,13-15,20H,10-12H2,1-5H3,(H,21,22);1H. The Morgan fingerprint density at radius 3 is 2.29 bits per heavy atom. The summed E-state index contributed by atoms with van der Waals surface area (Å²) in [4.78, 5) is 12.2. The monoisotopic (exact) mass is 354 g/mol. The summed E-state index contributed by atoms with van der Waals surface area (Å²) in [5.41, 5.74) is 1.43. The van der Waals surface area contributed by atoms with Gasteiger partial charge in [0.15, 0.2) is 0 Å². The van der Waals surface area contributed by atoms with E-state index in [1.807, 2.05) is 26.0 Å². The minimum absolute atomic E-state index is 0. The lowest BCUT2D eigenvalue weighted by molar-refractivity contribution is -0.127. The molecule has 1 saturated heterocycles. The number of halogens is 1. The van der Waals surface area contributed by atoms with E-state index in [4.69, 9.17) is 4.74 Å². The molecule has 0 radical (unpaired) electrons. The van der Waals surface area contributed by atoms with Crippen molar-refractivity contribution in [2.45, 2.75) is 46.1 Å². The molecule has 1 aromatic carbocycles. The van der Waals surface area contributed by atoms with Crippen LogP contribution >= 0.6 is 12.4 Å². The van der Waals surface area contributed by atoms with Crippen LogP contribution < -0.4 is 15.4 Å². The van der Waals surface area contributed by atoms with E-state index in [0.717, 1.165) is 18.8 Å². The van der Waals surface area contributed by atoms with Crippen molar-refractivity contribution < 1.29 is 9.53 Å². The van der Waals surface area contributed by atoms with Crippen LogP contribution in [0.1, 0.15) is 40.2 Å². The first-order valence-corrected chi connectivity index (χ1v) is 8.52. The minimum Gasteiger partial charge on any atom is -0.491 e. The lowest BCUT2D eigenvalue weighted by Crippen LogP contribution is -2.51. The molecular weight excluding hydrogens is 324 g/mol. The van der Waals surface area contributed by atoms with E-state index in [1.165, 1.54) is 5.56 Å². The van der Waals surface area contributed by atoms with Crippen molar-refractivity contribution in [3.8, 4) is 5.75 Å². The van der Waals surface area contributed by atoms with Crippen molar-refractivity contribution in [1.29, 1.82) is 0 Å². The average molecular weight is 355 g/mol. The van der Waals surface area contributed by atoms with Crippen LogP contribution in [-0.4, -0.2) is 31.6 Å². The van der Waals surface area contributed by atoms with E-state index in [9.17, 15) is 4.79 Å². The molecule has 0 aliphatic carbocycles. The van der Waals surface area contributed by atoms with Crippen LogP contribution in [0.4, 0.5) is 0 Å². The molecule has 1 fully saturated rings. The Morgan fingerprint density at radius 2 is 1.83 bits per heavy atom. The molecule has 136 valence electrons. The van der Waals surface area contributed by atoms with E-state index < -0.39 is 0 Å². The molecule has 0 bridgehead atoms. The van der Waals surface area contributed by atoms with Gasteiger partial charge in [-0.05, 0) is 49.0 Å². The van der Waals surface area contributed by atoms with Crippen LogP contribution in [0.2, 0.25) is 0 Å². The molecule has 2 N–H and O–H groups in total. The summed E-state index contributed by atoms with van der Waals surface area (Å²) < 4.78 is 5.79. The second-order valence-electron chi connectivity index (χ2n) is 7.70. The van der Waals surface area contributed by atoms with Crippen LogP contribution in [0.3, 0.4) is 0 Å². The molecule has 1 aliphatic heterocycles. The molecule has 24 heavy (non-hydrogen) atoms. The highest BCUT2D eigenvalue weighted by atomic mass is 35.5. The van der Waals surface area contributed by atoms with Gasteiger partial charge in [-0.3, -0.25) is 4.79 Å². The average Bonchev–Trinajstić information content (AvgIpc) is 2.42. The lowest BCUT2D eigenvalue weighted by Gasteiger charge is -2.32. The lowest BCUT2D eigenvalue weighted by atomic mass is 9.87. The fourth-order valence-corrected chi connectivity index (χ4v) is 2.57. The van der Waals surface area contributed by atoms with Crippen molar-refractivity contribution >= 4 is 18.3 Å². The van der Waals surface area contributed by atoms with Crippen LogP contribution in [0.15, 0.2) is 24.3 Å². The number of benzene rings is 1. The molecule has 0 spiro atoms. The summed E-state index contributed by atoms with van der Waals surface area (Å²) in [5, 5.41) is 6.25. The summed E-state index contributed by atoms with van der Waals surface area (Å²) in [6, 6.07) is 8.20. The van der Waals surface area contributed by atoms with Gasteiger partial charge in [-0.1, -0.05) is 39.8 Å². The third-order valence-corrected chi connectivity index (χ3v) is 4.54. The first kappa shape index (κ1) is 20.8. The molecule has 1 heterocycles. The van der Waals surface area contributed by atoms with E-state index in [2.05, 4.69) is 43.5 Å². The maximum atomic E-state index is 12.2. The number of rotatable bonds is 6. The molecule has 2 unspecified atom stereocenters. The van der Waals surface area contributed by atoms with Gasteiger partial charge in [0.2, 0.25) is 5.91 Å². The summed E-state index contributed by atoms with van der Waals surface area (Å²) in [5.74, 6) is 1.49. The second kappa shape index (κ2) is 8.72. The second-order valence-corrected chi connectivity index (χ2v) is 7.70. The van der Waals surface area contributed by atoms with Crippen LogP contribution in [0.25, 0.3) is 0 Å². The number of carbonyl (C=O) groups is 1. The van der Waals surface area contributed by atoms with Gasteiger partial charge < -0.3 is 15.4 Å². The highest BCUT2D eigenvalue weighted by molar-refractivity contribution is 5.85. The number of ether oxygens (including phenoxy) is 1. The van der Waals surface area contributed by atoms with Crippen molar-refractivity contribution in [1.82, 2.24) is 10.6 Å². The van der Waals surface area contributed by atoms with E-state index in [0.29, 0.717) is 12.5 Å². The molecule has 5 heteroatoms. The third-order valence-electron chi connectivity index (χ3n) is 4.54. The first-order chi connectivity index (χ1) is 10.8. The van der Waals surface area contributed by atoms with Gasteiger partial charge in [0, 0.05) is 5.92 Å². The van der Waals surface area contributed by atoms with E-state index in [-0.39, 0.29) is 35.7 Å². The smallest absolute Gasteiger partial charge is 0.223 e. The van der Waals surface area contributed by atoms with Crippen molar-refractivity contribution in [2.75, 3.05) is 19.7 Å². The molecule has 2 rings (SSSR count). The predicted molar refractivity (Wildman–Crippen MR) is 101 cm³/mol. The Balaban J connectivity index is 0.00000288. The van der Waals surface area contributed by atoms with Gasteiger partial charge in [-0.15, -0.1) is 12.4 Å². The molecular formula is C19H31ClN2O2. The SMILES string of the molecule is CC(COc1ccc(C(C)(C)C)cc1)NC(=O)C(C)C1CNC1.Cl. The maximum Gasteiger partial charge on any atom is 0.223 e.